The maximum atomic E-state index is 11.5. The Labute approximate surface area is 190 Å². The zero-order valence-electron chi connectivity index (χ0n) is 18.8. The van der Waals surface area contributed by atoms with Crippen molar-refractivity contribution in [3.8, 4) is 5.75 Å². The number of hydrogen-bond donors (Lipinski definition) is 1. The zero-order chi connectivity index (χ0) is 22.3. The molecule has 0 bridgehead atoms. The van der Waals surface area contributed by atoms with Gasteiger partial charge in [0.1, 0.15) is 6.61 Å². The lowest BCUT2D eigenvalue weighted by atomic mass is 9.81. The molecule has 2 aromatic rings. The number of likely N-dealkylation sites (N-methyl/N-ethyl adjacent to an activating group) is 1. The smallest absolute Gasteiger partial charge is 0.221 e. The van der Waals surface area contributed by atoms with E-state index in [1.54, 1.807) is 5.01 Å². The van der Waals surface area contributed by atoms with Gasteiger partial charge in [0, 0.05) is 37.3 Å². The molecule has 3 aliphatic rings. The fraction of sp³-hybridized carbons (Fsp3) is 0.500. The van der Waals surface area contributed by atoms with Gasteiger partial charge in [-0.25, -0.2) is 13.4 Å². The molecule has 0 spiro atoms. The molecule has 7 nitrogen and oxygen atoms in total. The van der Waals surface area contributed by atoms with Gasteiger partial charge in [-0.15, -0.1) is 4.83 Å². The van der Waals surface area contributed by atoms with E-state index in [2.05, 4.69) is 47.1 Å². The van der Waals surface area contributed by atoms with Crippen molar-refractivity contribution in [2.24, 2.45) is 0 Å². The van der Waals surface area contributed by atoms with Gasteiger partial charge in [-0.2, -0.15) is 4.89 Å². The lowest BCUT2D eigenvalue weighted by Crippen LogP contribution is -2.37. The molecule has 5 rings (SSSR count). The van der Waals surface area contributed by atoms with Gasteiger partial charge in [-0.1, -0.05) is 30.3 Å². The molecule has 0 amide bonds. The molecule has 0 fully saturated rings. The maximum Gasteiger partial charge on any atom is 0.221 e. The second-order valence-corrected chi connectivity index (χ2v) is 11.1. The highest BCUT2D eigenvalue weighted by Crippen LogP contribution is 2.41. The summed E-state index contributed by atoms with van der Waals surface area (Å²) in [4.78, 5) is 15.7. The van der Waals surface area contributed by atoms with Crippen molar-refractivity contribution in [2.75, 3.05) is 26.4 Å². The summed E-state index contributed by atoms with van der Waals surface area (Å²) >= 11 is 0. The Balaban J connectivity index is 1.19. The second-order valence-electron chi connectivity index (χ2n) is 9.39. The van der Waals surface area contributed by atoms with Crippen molar-refractivity contribution in [3.63, 3.8) is 0 Å². The molecule has 8 heteroatoms. The van der Waals surface area contributed by atoms with Crippen LogP contribution >= 0.6 is 0 Å². The summed E-state index contributed by atoms with van der Waals surface area (Å²) in [7, 11) is -1.04. The normalized spacial score (nSPS) is 20.2. The fourth-order valence-electron chi connectivity index (χ4n) is 5.26. The highest BCUT2D eigenvalue weighted by atomic mass is 32.2. The molecule has 0 saturated carbocycles. The van der Waals surface area contributed by atoms with E-state index in [0.717, 1.165) is 31.7 Å². The Bertz CT molecular complexity index is 1120. The van der Waals surface area contributed by atoms with Crippen LogP contribution < -0.4 is 9.72 Å². The minimum absolute atomic E-state index is 0.522. The van der Waals surface area contributed by atoms with E-state index in [-0.39, 0.29) is 0 Å². The number of sulfonamides is 1. The third-order valence-electron chi connectivity index (χ3n) is 6.76. The average molecular weight is 458 g/mol. The number of rotatable bonds is 7. The molecule has 2 aliphatic heterocycles. The summed E-state index contributed by atoms with van der Waals surface area (Å²) < 4.78 is 23.0. The van der Waals surface area contributed by atoms with Crippen LogP contribution in [0.2, 0.25) is 0 Å². The van der Waals surface area contributed by atoms with Gasteiger partial charge in [0.25, 0.3) is 0 Å². The van der Waals surface area contributed by atoms with Crippen molar-refractivity contribution in [1.82, 2.24) is 14.7 Å². The van der Waals surface area contributed by atoms with Crippen LogP contribution in [0.25, 0.3) is 0 Å². The van der Waals surface area contributed by atoms with Crippen molar-refractivity contribution >= 4 is 10.0 Å². The average Bonchev–Trinajstić information content (AvgIpc) is 3.37. The summed E-state index contributed by atoms with van der Waals surface area (Å²) in [5.74, 6) is 1.49. The first-order valence-electron chi connectivity index (χ1n) is 11.3. The maximum absolute atomic E-state index is 11.5. The lowest BCUT2D eigenvalue weighted by Gasteiger charge is -2.30. The fourth-order valence-corrected chi connectivity index (χ4v) is 5.86. The van der Waals surface area contributed by atoms with Crippen LogP contribution in [0.4, 0.5) is 0 Å². The van der Waals surface area contributed by atoms with Crippen molar-refractivity contribution in [2.45, 2.75) is 51.3 Å². The predicted octanol–water partition coefficient (Wildman–Crippen LogP) is 2.88. The molecular weight excluding hydrogens is 426 g/mol. The van der Waals surface area contributed by atoms with E-state index in [0.29, 0.717) is 25.6 Å². The summed E-state index contributed by atoms with van der Waals surface area (Å²) in [6, 6.07) is 11.0. The third kappa shape index (κ3) is 4.70. The Kier molecular flexibility index (Phi) is 5.98. The molecule has 0 aromatic heterocycles. The molecule has 1 N–H and O–H groups in total. The van der Waals surface area contributed by atoms with E-state index in [1.165, 1.54) is 52.5 Å². The van der Waals surface area contributed by atoms with Crippen molar-refractivity contribution in [3.05, 3.63) is 63.7 Å². The van der Waals surface area contributed by atoms with Crippen LogP contribution in [-0.4, -0.2) is 44.7 Å². The molecule has 1 aliphatic carbocycles. The highest BCUT2D eigenvalue weighted by molar-refractivity contribution is 7.88. The zero-order valence-corrected chi connectivity index (χ0v) is 19.6. The largest absolute Gasteiger partial charge is 0.337 e. The van der Waals surface area contributed by atoms with Gasteiger partial charge in [-0.3, -0.25) is 0 Å². The predicted molar refractivity (Wildman–Crippen MR) is 122 cm³/mol. The molecule has 0 saturated heterocycles. The van der Waals surface area contributed by atoms with Crippen molar-refractivity contribution < 1.29 is 18.2 Å². The van der Waals surface area contributed by atoms with Crippen LogP contribution in [0.1, 0.15) is 52.1 Å². The standard InChI is InChI=1S/C24H31N3O4S/c1-26(13-19-4-3-5-23-22(19)9-8-20-16-30-31-24(20)23)11-10-17-6-7-18-14-27(15-21(18)12-17)25-32(2,28)29/h6-9,12,19,25H,3-5,10-11,13-16H2,1-2H3/t19-/m0/s1. The van der Waals surface area contributed by atoms with E-state index in [9.17, 15) is 8.42 Å². The van der Waals surface area contributed by atoms with Crippen LogP contribution in [0.3, 0.4) is 0 Å². The van der Waals surface area contributed by atoms with Crippen LogP contribution in [0.5, 0.6) is 5.75 Å². The van der Waals surface area contributed by atoms with E-state index in [4.69, 9.17) is 9.78 Å². The van der Waals surface area contributed by atoms with Crippen molar-refractivity contribution in [1.29, 1.82) is 0 Å². The monoisotopic (exact) mass is 457 g/mol. The van der Waals surface area contributed by atoms with Crippen LogP contribution in [-0.2, 0) is 47.4 Å². The summed E-state index contributed by atoms with van der Waals surface area (Å²) in [6.45, 7) is 3.79. The molecule has 2 aromatic carbocycles. The highest BCUT2D eigenvalue weighted by Gasteiger charge is 2.28. The molecule has 0 unspecified atom stereocenters. The molecule has 2 heterocycles. The first-order valence-corrected chi connectivity index (χ1v) is 13.2. The molecule has 32 heavy (non-hydrogen) atoms. The topological polar surface area (TPSA) is 71.1 Å². The van der Waals surface area contributed by atoms with E-state index in [1.807, 2.05) is 0 Å². The van der Waals surface area contributed by atoms with E-state index >= 15 is 0 Å². The number of nitrogens with zero attached hydrogens (tertiary/aromatic N) is 2. The quantitative estimate of drug-likeness (QED) is 0.645. The minimum Gasteiger partial charge on any atom is -0.337 e. The Hall–Kier alpha value is -1.97. The minimum atomic E-state index is -3.24. The Morgan fingerprint density at radius 1 is 1.16 bits per heavy atom. The number of benzene rings is 2. The summed E-state index contributed by atoms with van der Waals surface area (Å²) in [5, 5.41) is 1.75. The molecular formula is C24H31N3O4S. The van der Waals surface area contributed by atoms with Gasteiger partial charge in [-0.05, 0) is 60.9 Å². The second kappa shape index (κ2) is 8.76. The Morgan fingerprint density at radius 3 is 2.81 bits per heavy atom. The first kappa shape index (κ1) is 21.9. The number of hydrogen-bond acceptors (Lipinski definition) is 6. The van der Waals surface area contributed by atoms with Gasteiger partial charge in [0.05, 0.1) is 6.26 Å². The molecule has 0 radical (unpaired) electrons. The van der Waals surface area contributed by atoms with Gasteiger partial charge in [0.15, 0.2) is 5.75 Å². The van der Waals surface area contributed by atoms with Gasteiger partial charge in [0.2, 0.25) is 10.0 Å². The first-order chi connectivity index (χ1) is 15.4. The lowest BCUT2D eigenvalue weighted by molar-refractivity contribution is -0.195. The Morgan fingerprint density at radius 2 is 1.97 bits per heavy atom. The number of fused-ring (bicyclic) bond motifs is 4. The molecule has 172 valence electrons. The SMILES string of the molecule is CN(CCc1ccc2c(c1)CN(NS(C)(=O)=O)C2)C[C@@H]1CCCc2c1ccc1c2OOC1. The summed E-state index contributed by atoms with van der Waals surface area (Å²) in [6.07, 6.45) is 5.63. The number of hydrazine groups is 1. The third-order valence-corrected chi connectivity index (χ3v) is 7.35. The van der Waals surface area contributed by atoms with E-state index < -0.39 is 10.0 Å². The van der Waals surface area contributed by atoms with Gasteiger partial charge >= 0.3 is 0 Å². The summed E-state index contributed by atoms with van der Waals surface area (Å²) in [5.41, 5.74) is 7.62. The van der Waals surface area contributed by atoms with Gasteiger partial charge < -0.3 is 9.79 Å². The molecule has 1 atom stereocenters. The number of nitrogens with one attached hydrogen (secondary N) is 1. The van der Waals surface area contributed by atoms with Crippen LogP contribution in [0.15, 0.2) is 30.3 Å². The van der Waals surface area contributed by atoms with Crippen LogP contribution in [0, 0.1) is 0 Å².